The summed E-state index contributed by atoms with van der Waals surface area (Å²) in [5, 5.41) is 9.24. The molecule has 2 rings (SSSR count). The van der Waals surface area contributed by atoms with Gasteiger partial charge < -0.3 is 4.74 Å². The van der Waals surface area contributed by atoms with Crippen LogP contribution in [0.5, 0.6) is 0 Å². The van der Waals surface area contributed by atoms with Gasteiger partial charge in [0.05, 0.1) is 6.07 Å². The molecule has 0 atom stereocenters. The van der Waals surface area contributed by atoms with Crippen molar-refractivity contribution in [3.8, 4) is 6.07 Å². The van der Waals surface area contributed by atoms with E-state index in [9.17, 15) is 9.65 Å². The Labute approximate surface area is 98.4 Å². The molecule has 0 bridgehead atoms. The first kappa shape index (κ1) is 11.4. The Morgan fingerprint density at radius 2 is 2.00 bits per heavy atom. The molecule has 0 aliphatic carbocycles. The Morgan fingerprint density at radius 3 is 2.62 bits per heavy atom. The first-order valence-corrected chi connectivity index (χ1v) is 6.00. The minimum Gasteiger partial charge on any atom is -0.381 e. The molecule has 0 aromatic heterocycles. The molecule has 0 spiro atoms. The van der Waals surface area contributed by atoms with Crippen molar-refractivity contribution >= 4 is 11.8 Å². The predicted octanol–water partition coefficient (Wildman–Crippen LogP) is 2.99. The molecular formula is C12H12FNOS. The van der Waals surface area contributed by atoms with Crippen LogP contribution in [0.15, 0.2) is 29.2 Å². The minimum absolute atomic E-state index is 0.256. The molecule has 1 aromatic rings. The van der Waals surface area contributed by atoms with Gasteiger partial charge in [-0.3, -0.25) is 0 Å². The summed E-state index contributed by atoms with van der Waals surface area (Å²) in [6, 6.07) is 8.89. The highest BCUT2D eigenvalue weighted by atomic mass is 32.2. The first-order valence-electron chi connectivity index (χ1n) is 5.18. The van der Waals surface area contributed by atoms with Gasteiger partial charge in [0.25, 0.3) is 0 Å². The number of ether oxygens (including phenoxy) is 1. The summed E-state index contributed by atoms with van der Waals surface area (Å²) in [6.07, 6.45) is 1.31. The molecule has 1 aliphatic heterocycles. The molecule has 1 saturated heterocycles. The lowest BCUT2D eigenvalue weighted by Gasteiger charge is -2.29. The van der Waals surface area contributed by atoms with Crippen LogP contribution in [0.25, 0.3) is 0 Å². The lowest BCUT2D eigenvalue weighted by atomic mass is 10.0. The second-order valence-corrected chi connectivity index (χ2v) is 5.18. The zero-order valence-electron chi connectivity index (χ0n) is 8.78. The molecule has 1 aliphatic rings. The molecule has 0 unspecified atom stereocenters. The van der Waals surface area contributed by atoms with E-state index in [0.29, 0.717) is 31.0 Å². The molecule has 84 valence electrons. The highest BCUT2D eigenvalue weighted by Gasteiger charge is 2.34. The average Bonchev–Trinajstić information content (AvgIpc) is 2.33. The standard InChI is InChI=1S/C12H12FNOS/c13-10-3-1-2-4-11(10)16-12(9-14)5-7-15-8-6-12/h1-4H,5-8H2. The topological polar surface area (TPSA) is 33.0 Å². The van der Waals surface area contributed by atoms with Crippen LogP contribution in [0.3, 0.4) is 0 Å². The average molecular weight is 237 g/mol. The molecule has 0 amide bonds. The highest BCUT2D eigenvalue weighted by Crippen LogP contribution is 2.40. The molecular weight excluding hydrogens is 225 g/mol. The summed E-state index contributed by atoms with van der Waals surface area (Å²) in [5.74, 6) is -0.256. The molecule has 0 saturated carbocycles. The summed E-state index contributed by atoms with van der Waals surface area (Å²) >= 11 is 1.32. The summed E-state index contributed by atoms with van der Waals surface area (Å²) in [6.45, 7) is 1.16. The molecule has 0 radical (unpaired) electrons. The Balaban J connectivity index is 2.19. The van der Waals surface area contributed by atoms with Gasteiger partial charge in [0.15, 0.2) is 0 Å². The second kappa shape index (κ2) is 4.86. The number of rotatable bonds is 2. The largest absolute Gasteiger partial charge is 0.381 e. The van der Waals surface area contributed by atoms with Gasteiger partial charge in [-0.15, -0.1) is 11.8 Å². The third-order valence-corrected chi connectivity index (χ3v) is 4.09. The maximum Gasteiger partial charge on any atom is 0.136 e. The van der Waals surface area contributed by atoms with E-state index in [1.807, 2.05) is 0 Å². The summed E-state index contributed by atoms with van der Waals surface area (Å²) < 4.78 is 18.2. The fourth-order valence-corrected chi connectivity index (χ4v) is 2.83. The van der Waals surface area contributed by atoms with E-state index < -0.39 is 4.75 Å². The van der Waals surface area contributed by atoms with E-state index in [0.717, 1.165) is 0 Å². The van der Waals surface area contributed by atoms with Gasteiger partial charge in [0.1, 0.15) is 10.6 Å². The Bertz CT molecular complexity index is 410. The quantitative estimate of drug-likeness (QED) is 0.792. The van der Waals surface area contributed by atoms with Gasteiger partial charge in [0.2, 0.25) is 0 Å². The fraction of sp³-hybridized carbons (Fsp3) is 0.417. The van der Waals surface area contributed by atoms with Crippen molar-refractivity contribution < 1.29 is 9.13 Å². The molecule has 4 heteroatoms. The van der Waals surface area contributed by atoms with Crippen LogP contribution < -0.4 is 0 Å². The van der Waals surface area contributed by atoms with Crippen LogP contribution in [0.1, 0.15) is 12.8 Å². The highest BCUT2D eigenvalue weighted by molar-refractivity contribution is 8.01. The van der Waals surface area contributed by atoms with Crippen molar-refractivity contribution in [3.05, 3.63) is 30.1 Å². The van der Waals surface area contributed by atoms with Gasteiger partial charge in [-0.05, 0) is 25.0 Å². The second-order valence-electron chi connectivity index (χ2n) is 3.75. The van der Waals surface area contributed by atoms with Crippen LogP contribution in [-0.2, 0) is 4.74 Å². The molecule has 1 aromatic carbocycles. The lowest BCUT2D eigenvalue weighted by molar-refractivity contribution is 0.0885. The van der Waals surface area contributed by atoms with E-state index in [-0.39, 0.29) is 5.82 Å². The number of nitriles is 1. The van der Waals surface area contributed by atoms with E-state index in [4.69, 9.17) is 4.74 Å². The summed E-state index contributed by atoms with van der Waals surface area (Å²) in [4.78, 5) is 0.547. The van der Waals surface area contributed by atoms with Crippen LogP contribution in [-0.4, -0.2) is 18.0 Å². The summed E-state index contributed by atoms with van der Waals surface area (Å²) in [7, 11) is 0. The predicted molar refractivity (Wildman–Crippen MR) is 60.7 cm³/mol. The molecule has 1 heterocycles. The number of hydrogen-bond acceptors (Lipinski definition) is 3. The van der Waals surface area contributed by atoms with Gasteiger partial charge >= 0.3 is 0 Å². The first-order chi connectivity index (χ1) is 7.76. The van der Waals surface area contributed by atoms with Crippen molar-refractivity contribution in [1.29, 1.82) is 5.26 Å². The lowest BCUT2D eigenvalue weighted by Crippen LogP contribution is -2.31. The summed E-state index contributed by atoms with van der Waals surface area (Å²) in [5.41, 5.74) is 0. The normalized spacial score (nSPS) is 19.0. The SMILES string of the molecule is N#CC1(Sc2ccccc2F)CCOCC1. The Hall–Kier alpha value is -1.05. The number of hydrogen-bond donors (Lipinski definition) is 0. The van der Waals surface area contributed by atoms with Crippen molar-refractivity contribution in [1.82, 2.24) is 0 Å². The zero-order valence-corrected chi connectivity index (χ0v) is 9.60. The fourth-order valence-electron chi connectivity index (χ4n) is 1.68. The van der Waals surface area contributed by atoms with Crippen molar-refractivity contribution in [2.45, 2.75) is 22.5 Å². The maximum atomic E-state index is 13.5. The third kappa shape index (κ3) is 2.37. The van der Waals surface area contributed by atoms with Crippen LogP contribution in [0.2, 0.25) is 0 Å². The van der Waals surface area contributed by atoms with E-state index in [1.165, 1.54) is 17.8 Å². The zero-order chi connectivity index (χ0) is 11.4. The molecule has 16 heavy (non-hydrogen) atoms. The minimum atomic E-state index is -0.527. The molecule has 0 N–H and O–H groups in total. The van der Waals surface area contributed by atoms with Crippen molar-refractivity contribution in [2.75, 3.05) is 13.2 Å². The Morgan fingerprint density at radius 1 is 1.31 bits per heavy atom. The van der Waals surface area contributed by atoms with Crippen molar-refractivity contribution in [2.24, 2.45) is 0 Å². The van der Waals surface area contributed by atoms with Crippen LogP contribution >= 0.6 is 11.8 Å². The number of thioether (sulfide) groups is 1. The van der Waals surface area contributed by atoms with Gasteiger partial charge in [-0.1, -0.05) is 12.1 Å². The monoisotopic (exact) mass is 237 g/mol. The number of nitrogens with zero attached hydrogens (tertiary/aromatic N) is 1. The molecule has 2 nitrogen and oxygen atoms in total. The van der Waals surface area contributed by atoms with E-state index >= 15 is 0 Å². The van der Waals surface area contributed by atoms with E-state index in [2.05, 4.69) is 6.07 Å². The third-order valence-electron chi connectivity index (χ3n) is 2.65. The number of benzene rings is 1. The van der Waals surface area contributed by atoms with Crippen LogP contribution in [0, 0.1) is 17.1 Å². The maximum absolute atomic E-state index is 13.5. The van der Waals surface area contributed by atoms with Crippen molar-refractivity contribution in [3.63, 3.8) is 0 Å². The van der Waals surface area contributed by atoms with Gasteiger partial charge in [-0.2, -0.15) is 5.26 Å². The number of halogens is 1. The smallest absolute Gasteiger partial charge is 0.136 e. The van der Waals surface area contributed by atoms with Gasteiger partial charge in [0, 0.05) is 18.1 Å². The van der Waals surface area contributed by atoms with Crippen LogP contribution in [0.4, 0.5) is 4.39 Å². The Kier molecular flexibility index (Phi) is 3.47. The van der Waals surface area contributed by atoms with Gasteiger partial charge in [-0.25, -0.2) is 4.39 Å². The molecule has 1 fully saturated rings. The van der Waals surface area contributed by atoms with E-state index in [1.54, 1.807) is 18.2 Å².